The normalized spacial score (nSPS) is 19.0. The fourth-order valence-corrected chi connectivity index (χ4v) is 3.17. The molecule has 6 nitrogen and oxygen atoms in total. The summed E-state index contributed by atoms with van der Waals surface area (Å²) < 4.78 is 50.3. The van der Waals surface area contributed by atoms with Gasteiger partial charge in [0.1, 0.15) is 12.4 Å². The Kier molecular flexibility index (Phi) is 6.39. The lowest BCUT2D eigenvalue weighted by Gasteiger charge is -2.37. The molecule has 0 N–H and O–H groups in total. The third-order valence-corrected chi connectivity index (χ3v) is 4.85. The zero-order chi connectivity index (χ0) is 21.0. The number of nitrogens with zero attached hydrogens (tertiary/aromatic N) is 2. The van der Waals surface area contributed by atoms with Crippen LogP contribution in [0.3, 0.4) is 0 Å². The summed E-state index contributed by atoms with van der Waals surface area (Å²) in [7, 11) is 0. The smallest absolute Gasteiger partial charge is 0.416 e. The van der Waals surface area contributed by atoms with Gasteiger partial charge in [0, 0.05) is 31.3 Å². The highest BCUT2D eigenvalue weighted by molar-refractivity contribution is 5.36. The van der Waals surface area contributed by atoms with Crippen LogP contribution in [-0.4, -0.2) is 42.2 Å². The van der Waals surface area contributed by atoms with Gasteiger partial charge < -0.3 is 9.47 Å². The summed E-state index contributed by atoms with van der Waals surface area (Å²) in [5.41, 5.74) is -0.208. The summed E-state index contributed by atoms with van der Waals surface area (Å²) in [6, 6.07) is 11.0. The summed E-state index contributed by atoms with van der Waals surface area (Å²) in [6.07, 6.45) is -4.84. The topological polar surface area (TPSA) is 64.8 Å². The Bertz CT molecular complexity index is 842. The number of hydrogen-bond acceptors (Lipinski definition) is 5. The Morgan fingerprint density at radius 2 is 2.00 bits per heavy atom. The van der Waals surface area contributed by atoms with Gasteiger partial charge in [0.05, 0.1) is 23.2 Å². The van der Waals surface area contributed by atoms with Crippen LogP contribution in [0.1, 0.15) is 24.2 Å². The first kappa shape index (κ1) is 21.1. The van der Waals surface area contributed by atoms with Crippen LogP contribution in [0.5, 0.6) is 5.75 Å². The molecule has 0 aromatic heterocycles. The fraction of sp³-hybridized carbons (Fsp3) is 0.400. The molecule has 1 aliphatic heterocycles. The molecule has 0 bridgehead atoms. The zero-order valence-corrected chi connectivity index (χ0v) is 15.8. The predicted molar refractivity (Wildman–Crippen MR) is 99.8 cm³/mol. The number of rotatable bonds is 6. The number of halogens is 3. The van der Waals surface area contributed by atoms with Gasteiger partial charge in [-0.3, -0.25) is 15.0 Å². The molecule has 0 aliphatic carbocycles. The Labute approximate surface area is 166 Å². The van der Waals surface area contributed by atoms with Crippen molar-refractivity contribution in [3.8, 4) is 5.75 Å². The number of morpholine rings is 1. The highest BCUT2D eigenvalue weighted by Gasteiger charge is 2.32. The molecular formula is C20H21F3N2O4. The fourth-order valence-electron chi connectivity index (χ4n) is 3.17. The molecule has 0 spiro atoms. The zero-order valence-electron chi connectivity index (χ0n) is 15.8. The van der Waals surface area contributed by atoms with E-state index < -0.39 is 22.8 Å². The molecule has 1 heterocycles. The molecule has 1 aliphatic rings. The van der Waals surface area contributed by atoms with Crippen LogP contribution in [0.2, 0.25) is 0 Å². The maximum Gasteiger partial charge on any atom is 0.416 e. The van der Waals surface area contributed by atoms with E-state index in [4.69, 9.17) is 9.47 Å². The number of benzene rings is 2. The van der Waals surface area contributed by atoms with E-state index >= 15 is 0 Å². The van der Waals surface area contributed by atoms with E-state index in [9.17, 15) is 23.3 Å². The standard InChI is InChI=1S/C20H21F3N2O4/c1-14(13-29-18-7-5-17(6-8-18)25(26)27)24-9-10-28-19(12-24)15-3-2-4-16(11-15)20(21,22)23/h2-8,11,14,19H,9-10,12-13H2,1H3. The van der Waals surface area contributed by atoms with Gasteiger partial charge in [0.2, 0.25) is 0 Å². The van der Waals surface area contributed by atoms with E-state index in [0.717, 1.165) is 12.1 Å². The second kappa shape index (κ2) is 8.79. The summed E-state index contributed by atoms with van der Waals surface area (Å²) in [5.74, 6) is 0.519. The number of hydrogen-bond donors (Lipinski definition) is 0. The summed E-state index contributed by atoms with van der Waals surface area (Å²) in [4.78, 5) is 12.3. The molecule has 0 amide bonds. The Balaban J connectivity index is 1.59. The third-order valence-electron chi connectivity index (χ3n) is 4.85. The van der Waals surface area contributed by atoms with Crippen molar-refractivity contribution in [2.75, 3.05) is 26.3 Å². The molecule has 9 heteroatoms. The third kappa shape index (κ3) is 5.45. The van der Waals surface area contributed by atoms with E-state index in [1.54, 1.807) is 6.07 Å². The quantitative estimate of drug-likeness (QED) is 0.520. The van der Waals surface area contributed by atoms with Crippen molar-refractivity contribution in [2.24, 2.45) is 0 Å². The first-order valence-electron chi connectivity index (χ1n) is 9.14. The van der Waals surface area contributed by atoms with Gasteiger partial charge >= 0.3 is 6.18 Å². The average molecular weight is 410 g/mol. The molecule has 2 atom stereocenters. The lowest BCUT2D eigenvalue weighted by molar-refractivity contribution is -0.384. The van der Waals surface area contributed by atoms with Crippen LogP contribution in [-0.2, 0) is 10.9 Å². The van der Waals surface area contributed by atoms with Crippen LogP contribution in [0.25, 0.3) is 0 Å². The van der Waals surface area contributed by atoms with Crippen molar-refractivity contribution in [1.29, 1.82) is 0 Å². The van der Waals surface area contributed by atoms with Crippen LogP contribution >= 0.6 is 0 Å². The summed E-state index contributed by atoms with van der Waals surface area (Å²) in [5, 5.41) is 10.7. The molecule has 156 valence electrons. The molecule has 3 rings (SSSR count). The van der Waals surface area contributed by atoms with Crippen LogP contribution in [0.15, 0.2) is 48.5 Å². The van der Waals surface area contributed by atoms with Crippen LogP contribution in [0, 0.1) is 10.1 Å². The summed E-state index contributed by atoms with van der Waals surface area (Å²) >= 11 is 0. The maximum atomic E-state index is 13.0. The number of nitro groups is 1. The second-order valence-electron chi connectivity index (χ2n) is 6.89. The van der Waals surface area contributed by atoms with E-state index in [-0.39, 0.29) is 11.7 Å². The van der Waals surface area contributed by atoms with E-state index in [2.05, 4.69) is 4.90 Å². The van der Waals surface area contributed by atoms with Gasteiger partial charge in [-0.25, -0.2) is 0 Å². The van der Waals surface area contributed by atoms with Gasteiger partial charge in [0.15, 0.2) is 0 Å². The number of alkyl halides is 3. The van der Waals surface area contributed by atoms with Crippen molar-refractivity contribution < 1.29 is 27.6 Å². The first-order valence-corrected chi connectivity index (χ1v) is 9.14. The van der Waals surface area contributed by atoms with Crippen molar-refractivity contribution in [1.82, 2.24) is 4.90 Å². The molecular weight excluding hydrogens is 389 g/mol. The SMILES string of the molecule is CC(COc1ccc([N+](=O)[O-])cc1)N1CCOC(c2cccc(C(F)(F)F)c2)C1. The molecule has 0 radical (unpaired) electrons. The van der Waals surface area contributed by atoms with E-state index in [1.807, 2.05) is 6.92 Å². The highest BCUT2D eigenvalue weighted by Crippen LogP contribution is 2.32. The van der Waals surface area contributed by atoms with Crippen molar-refractivity contribution >= 4 is 5.69 Å². The lowest BCUT2D eigenvalue weighted by Crippen LogP contribution is -2.45. The van der Waals surface area contributed by atoms with Crippen molar-refractivity contribution in [3.63, 3.8) is 0 Å². The minimum absolute atomic E-state index is 0.0116. The number of ether oxygens (including phenoxy) is 2. The van der Waals surface area contributed by atoms with E-state index in [1.165, 1.54) is 30.3 Å². The predicted octanol–water partition coefficient (Wildman–Crippen LogP) is 4.45. The second-order valence-corrected chi connectivity index (χ2v) is 6.89. The van der Waals surface area contributed by atoms with Gasteiger partial charge in [-0.2, -0.15) is 13.2 Å². The molecule has 2 aromatic carbocycles. The molecule has 0 saturated carbocycles. The lowest BCUT2D eigenvalue weighted by atomic mass is 10.0. The molecule has 29 heavy (non-hydrogen) atoms. The van der Waals surface area contributed by atoms with Gasteiger partial charge in [-0.1, -0.05) is 12.1 Å². The molecule has 2 aromatic rings. The molecule has 2 unspecified atom stereocenters. The first-order chi connectivity index (χ1) is 13.7. The minimum atomic E-state index is -4.39. The van der Waals surface area contributed by atoms with Crippen LogP contribution in [0.4, 0.5) is 18.9 Å². The number of non-ortho nitro benzene ring substituents is 1. The van der Waals surface area contributed by atoms with Gasteiger partial charge in [0.25, 0.3) is 5.69 Å². The van der Waals surface area contributed by atoms with Gasteiger partial charge in [-0.15, -0.1) is 0 Å². The monoisotopic (exact) mass is 410 g/mol. The van der Waals surface area contributed by atoms with Crippen molar-refractivity contribution in [2.45, 2.75) is 25.2 Å². The average Bonchev–Trinajstić information content (AvgIpc) is 2.72. The highest BCUT2D eigenvalue weighted by atomic mass is 19.4. The van der Waals surface area contributed by atoms with Crippen molar-refractivity contribution in [3.05, 3.63) is 69.8 Å². The summed E-state index contributed by atoms with van der Waals surface area (Å²) in [6.45, 7) is 3.79. The molecule has 1 saturated heterocycles. The maximum absolute atomic E-state index is 13.0. The largest absolute Gasteiger partial charge is 0.492 e. The molecule has 1 fully saturated rings. The van der Waals surface area contributed by atoms with Gasteiger partial charge in [-0.05, 0) is 36.8 Å². The van der Waals surface area contributed by atoms with E-state index in [0.29, 0.717) is 37.6 Å². The van der Waals surface area contributed by atoms with Crippen LogP contribution < -0.4 is 4.74 Å². The Hall–Kier alpha value is -2.65. The Morgan fingerprint density at radius 1 is 1.28 bits per heavy atom. The number of nitro benzene ring substituents is 1. The Morgan fingerprint density at radius 3 is 2.66 bits per heavy atom. The minimum Gasteiger partial charge on any atom is -0.492 e.